The van der Waals surface area contributed by atoms with Gasteiger partial charge in [-0.1, -0.05) is 78.9 Å². The third kappa shape index (κ3) is 9.76. The molecule has 0 aromatic heterocycles. The number of hydrogen-bond acceptors (Lipinski definition) is 7. The number of Topliss-reactive ketones (excluding diaryl/α,β-unsaturated/α-hetero) is 1. The molecule has 1 heterocycles. The molecule has 9 nitrogen and oxygen atoms in total. The van der Waals surface area contributed by atoms with Crippen LogP contribution in [0.2, 0.25) is 0 Å². The number of thioether (sulfide) groups is 1. The number of amides is 2. The molecule has 2 amide bonds. The molecule has 1 aliphatic rings. The van der Waals surface area contributed by atoms with Crippen LogP contribution >= 0.6 is 11.8 Å². The first-order valence-electron chi connectivity index (χ1n) is 15.4. The van der Waals surface area contributed by atoms with Gasteiger partial charge in [0.05, 0.1) is 30.4 Å². The Bertz CT molecular complexity index is 1630. The number of hydrogen-bond donors (Lipinski definition) is 4. The minimum atomic E-state index is -0.960. The van der Waals surface area contributed by atoms with Crippen LogP contribution in [-0.2, 0) is 33.8 Å². The van der Waals surface area contributed by atoms with Crippen LogP contribution in [0.15, 0.2) is 108 Å². The van der Waals surface area contributed by atoms with Gasteiger partial charge in [0.2, 0.25) is 0 Å². The summed E-state index contributed by atoms with van der Waals surface area (Å²) in [5.41, 5.74) is 4.71. The van der Waals surface area contributed by atoms with Crippen LogP contribution < -0.4 is 10.6 Å². The van der Waals surface area contributed by atoms with Crippen molar-refractivity contribution in [1.82, 2.24) is 10.6 Å². The Morgan fingerprint density at radius 1 is 0.830 bits per heavy atom. The number of nitrogens with one attached hydrogen (secondary N) is 2. The Morgan fingerprint density at radius 2 is 1.49 bits per heavy atom. The molecule has 10 heteroatoms. The summed E-state index contributed by atoms with van der Waals surface area (Å²) in [5.74, 6) is -0.436. The van der Waals surface area contributed by atoms with Crippen LogP contribution in [0.4, 0.5) is 4.79 Å². The van der Waals surface area contributed by atoms with Crippen molar-refractivity contribution in [1.29, 1.82) is 0 Å². The van der Waals surface area contributed by atoms with E-state index in [2.05, 4.69) is 10.6 Å². The van der Waals surface area contributed by atoms with Crippen LogP contribution in [0, 0.1) is 0 Å². The van der Waals surface area contributed by atoms with E-state index in [1.807, 2.05) is 78.9 Å². The number of aliphatic hydroxyl groups excluding tert-OH is 1. The molecule has 0 radical (unpaired) electrons. The lowest BCUT2D eigenvalue weighted by atomic mass is 10.0. The molecular weight excluding hydrogens is 616 g/mol. The minimum absolute atomic E-state index is 0.0364. The summed E-state index contributed by atoms with van der Waals surface area (Å²) < 4.78 is 12.9. The molecule has 4 aromatic carbocycles. The molecule has 5 rings (SSSR count). The maximum atomic E-state index is 12.6. The lowest BCUT2D eigenvalue weighted by Gasteiger charge is -2.36. The maximum Gasteiger partial charge on any atom is 0.335 e. The number of carbonyl (C=O) groups is 3. The molecule has 0 saturated carbocycles. The number of rotatable bonds is 13. The van der Waals surface area contributed by atoms with E-state index in [1.165, 1.54) is 6.92 Å². The number of ketones is 1. The number of aromatic carboxylic acids is 1. The molecular formula is C37H38N2O7S. The van der Waals surface area contributed by atoms with Gasteiger partial charge < -0.3 is 30.3 Å². The lowest BCUT2D eigenvalue weighted by molar-refractivity contribution is -0.245. The van der Waals surface area contributed by atoms with Crippen LogP contribution in [0.5, 0.6) is 0 Å². The monoisotopic (exact) mass is 654 g/mol. The fourth-order valence-corrected chi connectivity index (χ4v) is 6.16. The van der Waals surface area contributed by atoms with E-state index in [0.717, 1.165) is 32.7 Å². The molecule has 244 valence electrons. The van der Waals surface area contributed by atoms with Crippen LogP contribution in [0.25, 0.3) is 0 Å². The molecule has 0 bridgehead atoms. The Morgan fingerprint density at radius 3 is 2.13 bits per heavy atom. The summed E-state index contributed by atoms with van der Waals surface area (Å²) in [6.45, 7) is 1.71. The zero-order chi connectivity index (χ0) is 33.2. The van der Waals surface area contributed by atoms with Gasteiger partial charge in [0.1, 0.15) is 0 Å². The summed E-state index contributed by atoms with van der Waals surface area (Å²) in [5, 5.41) is 24.3. The summed E-state index contributed by atoms with van der Waals surface area (Å²) in [4.78, 5) is 37.0. The molecule has 4 atom stereocenters. The third-order valence-electron chi connectivity index (χ3n) is 7.94. The maximum absolute atomic E-state index is 12.6. The van der Waals surface area contributed by atoms with Crippen LogP contribution in [-0.4, -0.2) is 45.9 Å². The number of carboxylic acid groups (broad SMARTS) is 1. The fraction of sp³-hybridized carbons (Fsp3) is 0.270. The number of carbonyl (C=O) groups excluding carboxylic acids is 2. The highest BCUT2D eigenvalue weighted by Gasteiger charge is 2.32. The molecule has 4 N–H and O–H groups in total. The van der Waals surface area contributed by atoms with E-state index < -0.39 is 24.3 Å². The largest absolute Gasteiger partial charge is 0.478 e. The second-order valence-electron chi connectivity index (χ2n) is 11.4. The average molecular weight is 655 g/mol. The van der Waals surface area contributed by atoms with Crippen molar-refractivity contribution in [3.8, 4) is 0 Å². The number of urea groups is 1. The van der Waals surface area contributed by atoms with E-state index in [-0.39, 0.29) is 36.7 Å². The topological polar surface area (TPSA) is 134 Å². The first-order chi connectivity index (χ1) is 22.8. The van der Waals surface area contributed by atoms with Gasteiger partial charge in [-0.2, -0.15) is 0 Å². The molecule has 4 aromatic rings. The first kappa shape index (κ1) is 33.9. The Hall–Kier alpha value is -4.48. The predicted molar refractivity (Wildman–Crippen MR) is 179 cm³/mol. The van der Waals surface area contributed by atoms with Crippen molar-refractivity contribution in [3.63, 3.8) is 0 Å². The highest BCUT2D eigenvalue weighted by atomic mass is 32.2. The minimum Gasteiger partial charge on any atom is -0.478 e. The van der Waals surface area contributed by atoms with Crippen LogP contribution in [0.1, 0.15) is 63.9 Å². The molecule has 47 heavy (non-hydrogen) atoms. The number of aliphatic hydroxyl groups is 1. The summed E-state index contributed by atoms with van der Waals surface area (Å²) in [6.07, 6.45) is 0.0127. The van der Waals surface area contributed by atoms with E-state index in [1.54, 1.807) is 36.0 Å². The summed E-state index contributed by atoms with van der Waals surface area (Å²) in [7, 11) is 0. The molecule has 1 saturated heterocycles. The second kappa shape index (κ2) is 16.4. The van der Waals surface area contributed by atoms with E-state index >= 15 is 0 Å². The molecule has 1 aliphatic heterocycles. The van der Waals surface area contributed by atoms with Crippen molar-refractivity contribution >= 4 is 29.5 Å². The molecule has 1 unspecified atom stereocenters. The van der Waals surface area contributed by atoms with E-state index in [9.17, 15) is 24.6 Å². The Labute approximate surface area is 278 Å². The number of benzene rings is 4. The zero-order valence-corrected chi connectivity index (χ0v) is 26.8. The van der Waals surface area contributed by atoms with Crippen LogP contribution in [0.3, 0.4) is 0 Å². The van der Waals surface area contributed by atoms with Gasteiger partial charge in [0.25, 0.3) is 0 Å². The number of ether oxygens (including phenoxy) is 2. The van der Waals surface area contributed by atoms with Crippen molar-refractivity contribution in [2.24, 2.45) is 0 Å². The van der Waals surface area contributed by atoms with Crippen molar-refractivity contribution in [3.05, 3.63) is 137 Å². The van der Waals surface area contributed by atoms with Gasteiger partial charge in [-0.3, -0.25) is 4.79 Å². The quantitative estimate of drug-likeness (QED) is 0.125. The molecule has 0 aliphatic carbocycles. The number of carboxylic acids is 1. The summed E-state index contributed by atoms with van der Waals surface area (Å²) >= 11 is 1.59. The highest BCUT2D eigenvalue weighted by Crippen LogP contribution is 2.39. The van der Waals surface area contributed by atoms with Gasteiger partial charge in [0, 0.05) is 29.2 Å². The first-order valence-corrected chi connectivity index (χ1v) is 16.4. The zero-order valence-electron chi connectivity index (χ0n) is 26.0. The van der Waals surface area contributed by atoms with Crippen molar-refractivity contribution in [2.45, 2.75) is 62.4 Å². The van der Waals surface area contributed by atoms with Crippen molar-refractivity contribution in [2.75, 3.05) is 5.75 Å². The lowest BCUT2D eigenvalue weighted by Crippen LogP contribution is -2.46. The Kier molecular flexibility index (Phi) is 11.8. The SMILES string of the molecule is CC(=O)[C@@H](Cc1ccccc1)NC(=O)NCc1ccc(C2O[C@H](CSc3ccc(C(=O)O)cc3)C[C@H](c3ccc(CO)cc3)O2)cc1. The second-order valence-corrected chi connectivity index (χ2v) is 12.5. The molecule has 1 fully saturated rings. The fourth-order valence-electron chi connectivity index (χ4n) is 5.24. The third-order valence-corrected chi connectivity index (χ3v) is 9.08. The normalized spacial score (nSPS) is 18.2. The van der Waals surface area contributed by atoms with Gasteiger partial charge in [0.15, 0.2) is 12.1 Å². The van der Waals surface area contributed by atoms with Gasteiger partial charge in [-0.15, -0.1) is 11.8 Å². The van der Waals surface area contributed by atoms with Gasteiger partial charge in [-0.25, -0.2) is 9.59 Å². The summed E-state index contributed by atoms with van der Waals surface area (Å²) in [6, 6.07) is 30.6. The average Bonchev–Trinajstić information content (AvgIpc) is 3.10. The van der Waals surface area contributed by atoms with Crippen molar-refractivity contribution < 1.29 is 34.1 Å². The highest BCUT2D eigenvalue weighted by molar-refractivity contribution is 7.99. The molecule has 0 spiro atoms. The predicted octanol–water partition coefficient (Wildman–Crippen LogP) is 6.21. The van der Waals surface area contributed by atoms with E-state index in [0.29, 0.717) is 18.6 Å². The smallest absolute Gasteiger partial charge is 0.335 e. The van der Waals surface area contributed by atoms with Gasteiger partial charge >= 0.3 is 12.0 Å². The standard InChI is InChI=1S/C37H38N2O7S/c1-24(41)33(19-25-5-3-2-4-6-25)39-37(44)38-21-26-7-13-30(14-8-26)36-45-31(23-47-32-17-15-29(16-18-32)35(42)43)20-34(46-36)28-11-9-27(22-40)10-12-28/h2-18,31,33-34,36,40H,19-23H2,1H3,(H,42,43)(H2,38,39,44)/t31-,33+,34+,36?/m0/s1. The Balaban J connectivity index is 1.21. The van der Waals surface area contributed by atoms with Gasteiger partial charge in [-0.05, 0) is 59.9 Å². The van der Waals surface area contributed by atoms with E-state index in [4.69, 9.17) is 9.47 Å².